The Balaban J connectivity index is 1.60. The molecule has 1 aliphatic heterocycles. The summed E-state index contributed by atoms with van der Waals surface area (Å²) >= 11 is 0. The van der Waals surface area contributed by atoms with E-state index >= 15 is 0 Å². The zero-order valence-corrected chi connectivity index (χ0v) is 12.9. The predicted molar refractivity (Wildman–Crippen MR) is 85.6 cm³/mol. The van der Waals surface area contributed by atoms with Crippen molar-refractivity contribution in [3.8, 4) is 0 Å². The van der Waals surface area contributed by atoms with Crippen molar-refractivity contribution in [1.29, 1.82) is 0 Å². The van der Waals surface area contributed by atoms with E-state index in [1.54, 1.807) is 17.1 Å². The minimum atomic E-state index is -0.290. The van der Waals surface area contributed by atoms with Crippen LogP contribution in [-0.2, 0) is 17.8 Å². The Labute approximate surface area is 133 Å². The standard InChI is InChI=1S/C17H17N5O/c1-12(22-8-3-7-19-22)17(23)21-9-5-15-14(11-21)10-13-4-2-6-18-16(13)20-15/h2-4,6-8,10,12H,5,9,11H2,1H3. The Hall–Kier alpha value is -2.76. The van der Waals surface area contributed by atoms with Crippen LogP contribution in [0.1, 0.15) is 24.2 Å². The van der Waals surface area contributed by atoms with Crippen molar-refractivity contribution in [2.24, 2.45) is 0 Å². The van der Waals surface area contributed by atoms with E-state index in [0.717, 1.165) is 28.7 Å². The third-order valence-electron chi connectivity index (χ3n) is 4.33. The zero-order valence-electron chi connectivity index (χ0n) is 12.9. The molecular formula is C17H17N5O. The first-order valence-electron chi connectivity index (χ1n) is 7.74. The van der Waals surface area contributed by atoms with Crippen LogP contribution in [0, 0.1) is 0 Å². The van der Waals surface area contributed by atoms with Crippen LogP contribution in [0.5, 0.6) is 0 Å². The van der Waals surface area contributed by atoms with Crippen molar-refractivity contribution in [3.63, 3.8) is 0 Å². The normalized spacial score (nSPS) is 15.4. The Kier molecular flexibility index (Phi) is 3.29. The fraction of sp³-hybridized carbons (Fsp3) is 0.294. The number of hydrogen-bond acceptors (Lipinski definition) is 4. The summed E-state index contributed by atoms with van der Waals surface area (Å²) in [5.74, 6) is 0.0885. The highest BCUT2D eigenvalue weighted by atomic mass is 16.2. The molecule has 0 aliphatic carbocycles. The van der Waals surface area contributed by atoms with E-state index in [9.17, 15) is 4.79 Å². The van der Waals surface area contributed by atoms with E-state index in [1.807, 2.05) is 36.2 Å². The summed E-state index contributed by atoms with van der Waals surface area (Å²) in [4.78, 5) is 23.5. The molecule has 3 aromatic heterocycles. The van der Waals surface area contributed by atoms with Gasteiger partial charge in [-0.05, 0) is 36.8 Å². The number of rotatable bonds is 2. The maximum atomic E-state index is 12.7. The first-order chi connectivity index (χ1) is 11.2. The largest absolute Gasteiger partial charge is 0.336 e. The quantitative estimate of drug-likeness (QED) is 0.726. The highest BCUT2D eigenvalue weighted by molar-refractivity contribution is 5.81. The summed E-state index contributed by atoms with van der Waals surface area (Å²) in [6, 6.07) is 7.55. The van der Waals surface area contributed by atoms with Gasteiger partial charge in [-0.1, -0.05) is 0 Å². The first kappa shape index (κ1) is 13.9. The lowest BCUT2D eigenvalue weighted by Gasteiger charge is -2.30. The summed E-state index contributed by atoms with van der Waals surface area (Å²) in [5.41, 5.74) is 2.93. The van der Waals surface area contributed by atoms with Gasteiger partial charge in [-0.25, -0.2) is 9.97 Å². The fourth-order valence-corrected chi connectivity index (χ4v) is 3.04. The molecule has 0 bridgehead atoms. The summed E-state index contributed by atoms with van der Waals surface area (Å²) in [7, 11) is 0. The Morgan fingerprint density at radius 1 is 1.30 bits per heavy atom. The molecule has 1 aliphatic rings. The molecule has 1 unspecified atom stereocenters. The van der Waals surface area contributed by atoms with Gasteiger partial charge in [0.25, 0.3) is 0 Å². The van der Waals surface area contributed by atoms with E-state index < -0.39 is 0 Å². The molecule has 116 valence electrons. The number of nitrogens with zero attached hydrogens (tertiary/aromatic N) is 5. The van der Waals surface area contributed by atoms with Gasteiger partial charge < -0.3 is 4.90 Å². The van der Waals surface area contributed by atoms with E-state index in [4.69, 9.17) is 0 Å². The number of pyridine rings is 2. The Bertz CT molecular complexity index is 859. The molecule has 23 heavy (non-hydrogen) atoms. The predicted octanol–water partition coefficient (Wildman–Crippen LogP) is 1.97. The smallest absolute Gasteiger partial charge is 0.247 e. The monoisotopic (exact) mass is 307 g/mol. The molecule has 0 fully saturated rings. The van der Waals surface area contributed by atoms with Crippen LogP contribution < -0.4 is 0 Å². The number of carbonyl (C=O) groups excluding carboxylic acids is 1. The van der Waals surface area contributed by atoms with Gasteiger partial charge in [0, 0.05) is 49.2 Å². The molecule has 0 saturated carbocycles. The number of hydrogen-bond donors (Lipinski definition) is 0. The van der Waals surface area contributed by atoms with Gasteiger partial charge in [0.15, 0.2) is 5.65 Å². The second-order valence-electron chi connectivity index (χ2n) is 5.82. The van der Waals surface area contributed by atoms with E-state index in [2.05, 4.69) is 21.1 Å². The first-order valence-corrected chi connectivity index (χ1v) is 7.74. The number of amides is 1. The lowest BCUT2D eigenvalue weighted by molar-refractivity contribution is -0.135. The van der Waals surface area contributed by atoms with E-state index in [-0.39, 0.29) is 11.9 Å². The average molecular weight is 307 g/mol. The van der Waals surface area contributed by atoms with E-state index in [0.29, 0.717) is 13.1 Å². The fourth-order valence-electron chi connectivity index (χ4n) is 3.04. The number of carbonyl (C=O) groups is 1. The molecular weight excluding hydrogens is 290 g/mol. The van der Waals surface area contributed by atoms with Gasteiger partial charge >= 0.3 is 0 Å². The Morgan fingerprint density at radius 3 is 3.04 bits per heavy atom. The third-order valence-corrected chi connectivity index (χ3v) is 4.33. The molecule has 0 radical (unpaired) electrons. The molecule has 6 heteroatoms. The van der Waals surface area contributed by atoms with Gasteiger partial charge in [-0.15, -0.1) is 0 Å². The molecule has 4 rings (SSSR count). The van der Waals surface area contributed by atoms with Gasteiger partial charge in [0.1, 0.15) is 6.04 Å². The molecule has 0 aromatic carbocycles. The van der Waals surface area contributed by atoms with Gasteiger partial charge in [-0.2, -0.15) is 5.10 Å². The van der Waals surface area contributed by atoms with Crippen molar-refractivity contribution in [2.45, 2.75) is 25.9 Å². The van der Waals surface area contributed by atoms with Gasteiger partial charge in [0.2, 0.25) is 5.91 Å². The van der Waals surface area contributed by atoms with Crippen molar-refractivity contribution in [2.75, 3.05) is 6.54 Å². The van der Waals surface area contributed by atoms with Crippen molar-refractivity contribution < 1.29 is 4.79 Å². The maximum absolute atomic E-state index is 12.7. The number of fused-ring (bicyclic) bond motifs is 2. The highest BCUT2D eigenvalue weighted by Crippen LogP contribution is 2.23. The maximum Gasteiger partial charge on any atom is 0.247 e. The van der Waals surface area contributed by atoms with Crippen LogP contribution in [0.15, 0.2) is 42.9 Å². The van der Waals surface area contributed by atoms with Crippen molar-refractivity contribution in [3.05, 3.63) is 54.1 Å². The van der Waals surface area contributed by atoms with Gasteiger partial charge in [0.05, 0.1) is 0 Å². The minimum Gasteiger partial charge on any atom is -0.336 e. The number of aromatic nitrogens is 4. The summed E-state index contributed by atoms with van der Waals surface area (Å²) in [6.45, 7) is 3.16. The van der Waals surface area contributed by atoms with Crippen LogP contribution in [-0.4, -0.2) is 37.1 Å². The molecule has 1 amide bonds. The highest BCUT2D eigenvalue weighted by Gasteiger charge is 2.26. The van der Waals surface area contributed by atoms with Crippen LogP contribution in [0.3, 0.4) is 0 Å². The lowest BCUT2D eigenvalue weighted by atomic mass is 10.0. The zero-order chi connectivity index (χ0) is 15.8. The van der Waals surface area contributed by atoms with Crippen molar-refractivity contribution >= 4 is 16.9 Å². The molecule has 0 spiro atoms. The minimum absolute atomic E-state index is 0.0885. The molecule has 4 heterocycles. The van der Waals surface area contributed by atoms with Crippen LogP contribution in [0.2, 0.25) is 0 Å². The van der Waals surface area contributed by atoms with Crippen LogP contribution in [0.4, 0.5) is 0 Å². The second-order valence-corrected chi connectivity index (χ2v) is 5.82. The lowest BCUT2D eigenvalue weighted by Crippen LogP contribution is -2.40. The van der Waals surface area contributed by atoms with Crippen LogP contribution in [0.25, 0.3) is 11.0 Å². The second kappa shape index (κ2) is 5.46. The van der Waals surface area contributed by atoms with Crippen LogP contribution >= 0.6 is 0 Å². The topological polar surface area (TPSA) is 63.9 Å². The third kappa shape index (κ3) is 2.46. The molecule has 0 saturated heterocycles. The summed E-state index contributed by atoms with van der Waals surface area (Å²) < 4.78 is 1.69. The molecule has 1 atom stereocenters. The molecule has 0 N–H and O–H groups in total. The summed E-state index contributed by atoms with van der Waals surface area (Å²) in [5, 5.41) is 5.18. The van der Waals surface area contributed by atoms with Gasteiger partial charge in [-0.3, -0.25) is 9.48 Å². The van der Waals surface area contributed by atoms with Crippen molar-refractivity contribution in [1.82, 2.24) is 24.6 Å². The Morgan fingerprint density at radius 2 is 2.22 bits per heavy atom. The average Bonchev–Trinajstić information content (AvgIpc) is 3.12. The SMILES string of the molecule is CC(C(=O)N1CCc2nc3ncccc3cc2C1)n1cccn1. The summed E-state index contributed by atoms with van der Waals surface area (Å²) in [6.07, 6.45) is 6.03. The van der Waals surface area contributed by atoms with E-state index in [1.165, 1.54) is 0 Å². The molecule has 3 aromatic rings. The molecule has 6 nitrogen and oxygen atoms in total.